The van der Waals surface area contributed by atoms with Crippen molar-refractivity contribution in [3.63, 3.8) is 0 Å². The Kier molecular flexibility index (Phi) is 17.1. The summed E-state index contributed by atoms with van der Waals surface area (Å²) in [7, 11) is 18.9. The second kappa shape index (κ2) is 20.5. The molecule has 0 aromatic heterocycles. The maximum absolute atomic E-state index is 8.79. The molecule has 5 atom stereocenters. The summed E-state index contributed by atoms with van der Waals surface area (Å²) in [4.78, 5) is 36.2. The molecule has 0 bridgehead atoms. The van der Waals surface area contributed by atoms with Crippen molar-refractivity contribution in [1.82, 2.24) is 58.8 Å². The SMILES string of the molecule is CC1C(N=[N+]=[N-])N(C)CN(C)C1N1CN(C)CN(C)C1.CN1CCN(C2C(CN=[N+]=[N-])N(C)CN2C)C1.CN1CN(C)CN(CCN=[N+]=[N-])C1. The van der Waals surface area contributed by atoms with Crippen molar-refractivity contribution in [2.45, 2.75) is 31.5 Å². The Balaban J connectivity index is 0.000000208. The van der Waals surface area contributed by atoms with E-state index < -0.39 is 0 Å². The molecular weight excluding hydrogens is 642 g/mol. The van der Waals surface area contributed by atoms with Gasteiger partial charge in [0.05, 0.1) is 78.5 Å². The van der Waals surface area contributed by atoms with Crippen LogP contribution in [0.3, 0.4) is 0 Å². The maximum Gasteiger partial charge on any atom is 0.0948 e. The predicted molar refractivity (Wildman–Crippen MR) is 195 cm³/mol. The summed E-state index contributed by atoms with van der Waals surface area (Å²) in [5.41, 5.74) is 25.4. The third-order valence-electron chi connectivity index (χ3n) is 9.81. The Bertz CT molecular complexity index is 1150. The van der Waals surface area contributed by atoms with E-state index in [0.717, 1.165) is 79.7 Å². The van der Waals surface area contributed by atoms with Gasteiger partial charge in [-0.25, -0.2) is 0 Å². The first-order valence-electron chi connectivity index (χ1n) is 17.3. The van der Waals surface area contributed by atoms with Crippen molar-refractivity contribution >= 4 is 0 Å². The number of hydrogen-bond acceptors (Lipinski definition) is 15. The van der Waals surface area contributed by atoms with Crippen LogP contribution in [0.4, 0.5) is 0 Å². The molecule has 21 heteroatoms. The Morgan fingerprint density at radius 2 is 1.08 bits per heavy atom. The van der Waals surface area contributed by atoms with Crippen molar-refractivity contribution in [1.29, 1.82) is 0 Å². The van der Waals surface area contributed by atoms with Gasteiger partial charge < -0.3 is 0 Å². The third kappa shape index (κ3) is 12.0. The lowest BCUT2D eigenvalue weighted by Crippen LogP contribution is -2.66. The van der Waals surface area contributed by atoms with Crippen molar-refractivity contribution in [3.05, 3.63) is 31.3 Å². The molecule has 0 N–H and O–H groups in total. The van der Waals surface area contributed by atoms with E-state index in [1.807, 2.05) is 7.05 Å². The second-order valence-electron chi connectivity index (χ2n) is 14.8. The highest BCUT2D eigenvalue weighted by Crippen LogP contribution is 2.28. The van der Waals surface area contributed by atoms with Gasteiger partial charge in [-0.05, 0) is 80.0 Å². The highest BCUT2D eigenvalue weighted by Gasteiger charge is 2.42. The molecule has 0 saturated carbocycles. The molecule has 21 nitrogen and oxygen atoms in total. The number of likely N-dealkylation sites (N-methyl/N-ethyl adjacent to an activating group) is 3. The lowest BCUT2D eigenvalue weighted by Gasteiger charge is -2.53. The molecule has 5 aliphatic rings. The molecule has 5 unspecified atom stereocenters. The molecule has 5 saturated heterocycles. The van der Waals surface area contributed by atoms with Crippen LogP contribution in [0.2, 0.25) is 0 Å². The normalized spacial score (nSPS) is 31.2. The molecule has 0 aliphatic carbocycles. The van der Waals surface area contributed by atoms with Gasteiger partial charge >= 0.3 is 0 Å². The zero-order chi connectivity index (χ0) is 37.0. The van der Waals surface area contributed by atoms with E-state index in [0.29, 0.717) is 25.3 Å². The number of hydrogen-bond donors (Lipinski definition) is 0. The third-order valence-corrected chi connectivity index (χ3v) is 9.81. The van der Waals surface area contributed by atoms with Crippen LogP contribution in [0.5, 0.6) is 0 Å². The molecule has 284 valence electrons. The van der Waals surface area contributed by atoms with Gasteiger partial charge in [-0.1, -0.05) is 22.3 Å². The molecule has 0 aromatic carbocycles. The minimum atomic E-state index is -0.0845. The zero-order valence-electron chi connectivity index (χ0n) is 32.2. The van der Waals surface area contributed by atoms with E-state index in [1.165, 1.54) is 0 Å². The lowest BCUT2D eigenvalue weighted by atomic mass is 9.99. The second-order valence-corrected chi connectivity index (χ2v) is 14.8. The molecule has 5 heterocycles. The summed E-state index contributed by atoms with van der Waals surface area (Å²) in [5, 5.41) is 11.3. The van der Waals surface area contributed by atoms with Gasteiger partial charge in [0.2, 0.25) is 0 Å². The first kappa shape index (κ1) is 41.9. The van der Waals surface area contributed by atoms with Crippen LogP contribution in [0.1, 0.15) is 6.92 Å². The van der Waals surface area contributed by atoms with Crippen molar-refractivity contribution in [3.8, 4) is 0 Å². The fraction of sp³-hybridized carbons (Fsp3) is 1.00. The minimum Gasteiger partial charge on any atom is -0.292 e. The fourth-order valence-corrected chi connectivity index (χ4v) is 8.17. The monoisotopic (exact) mass is 706 g/mol. The fourth-order valence-electron chi connectivity index (χ4n) is 8.17. The van der Waals surface area contributed by atoms with E-state index in [1.54, 1.807) is 0 Å². The van der Waals surface area contributed by atoms with Crippen LogP contribution in [-0.2, 0) is 0 Å². The Hall–Kier alpha value is -2.55. The topological polar surface area (TPSA) is 185 Å². The lowest BCUT2D eigenvalue weighted by molar-refractivity contribution is -0.131. The summed E-state index contributed by atoms with van der Waals surface area (Å²) in [6.45, 7) is 14.8. The molecule has 5 fully saturated rings. The Labute approximate surface area is 298 Å². The summed E-state index contributed by atoms with van der Waals surface area (Å²) in [6, 6.07) is 0.294. The minimum absolute atomic E-state index is 0.0845. The quantitative estimate of drug-likeness (QED) is 0.197. The molecule has 5 aliphatic heterocycles. The van der Waals surface area contributed by atoms with Gasteiger partial charge in [-0.3, -0.25) is 58.8 Å². The van der Waals surface area contributed by atoms with E-state index in [9.17, 15) is 0 Å². The highest BCUT2D eigenvalue weighted by molar-refractivity contribution is 4.93. The predicted octanol–water partition coefficient (Wildman–Crippen LogP) is 0.851. The summed E-state index contributed by atoms with van der Waals surface area (Å²) in [6.07, 6.45) is 0.557. The number of rotatable bonds is 8. The van der Waals surface area contributed by atoms with Crippen LogP contribution < -0.4 is 0 Å². The van der Waals surface area contributed by atoms with Crippen LogP contribution >= 0.6 is 0 Å². The van der Waals surface area contributed by atoms with Crippen LogP contribution in [0.25, 0.3) is 31.3 Å². The van der Waals surface area contributed by atoms with Crippen molar-refractivity contribution in [2.75, 3.05) is 156 Å². The highest BCUT2D eigenvalue weighted by atomic mass is 15.6. The largest absolute Gasteiger partial charge is 0.292 e. The maximum atomic E-state index is 8.79. The average Bonchev–Trinajstić information content (AvgIpc) is 3.58. The number of azide groups is 3. The van der Waals surface area contributed by atoms with Crippen LogP contribution in [-0.4, -0.2) is 240 Å². The first-order chi connectivity index (χ1) is 23.8. The van der Waals surface area contributed by atoms with E-state index in [2.05, 4.69) is 152 Å². The van der Waals surface area contributed by atoms with Gasteiger partial charge in [-0.2, -0.15) is 0 Å². The van der Waals surface area contributed by atoms with Crippen LogP contribution in [0, 0.1) is 5.92 Å². The molecule has 0 aromatic rings. The van der Waals surface area contributed by atoms with Gasteiger partial charge in [0.1, 0.15) is 0 Å². The van der Waals surface area contributed by atoms with Gasteiger partial charge in [0.25, 0.3) is 0 Å². The smallest absolute Gasteiger partial charge is 0.0948 e. The molecule has 0 amide bonds. The standard InChI is InChI=1S/C12H26N8.C10H21N7.C7H16N6/c1-10-11(14-15-13)18(4)9-19(5)12(10)20-7-16(2)6-17(3)8-20;1-14-4-5-17(7-14)10-9(6-12-13-11)15(2)8-16(10)3;1-11-5-12(2)7-13(6-11)4-3-9-10-8/h10-12H,6-9H2,1-5H3;9-10H,4-8H2,1-3H3;3-7H2,1-2H3. The first-order valence-corrected chi connectivity index (χ1v) is 17.3. The molecule has 0 spiro atoms. The Morgan fingerprint density at radius 1 is 0.540 bits per heavy atom. The molecule has 5 rings (SSSR count). The van der Waals surface area contributed by atoms with Crippen molar-refractivity contribution in [2.24, 2.45) is 21.3 Å². The average molecular weight is 706 g/mol. The summed E-state index contributed by atoms with van der Waals surface area (Å²) in [5.74, 6) is 0.259. The van der Waals surface area contributed by atoms with Crippen molar-refractivity contribution < 1.29 is 0 Å². The van der Waals surface area contributed by atoms with Gasteiger partial charge in [0.15, 0.2) is 0 Å². The Morgan fingerprint density at radius 3 is 1.62 bits per heavy atom. The zero-order valence-corrected chi connectivity index (χ0v) is 32.2. The molecule has 0 radical (unpaired) electrons. The van der Waals surface area contributed by atoms with Crippen LogP contribution in [0.15, 0.2) is 15.3 Å². The summed E-state index contributed by atoms with van der Waals surface area (Å²) < 4.78 is 0. The summed E-state index contributed by atoms with van der Waals surface area (Å²) >= 11 is 0. The van der Waals surface area contributed by atoms with E-state index in [4.69, 9.17) is 16.6 Å². The van der Waals surface area contributed by atoms with E-state index >= 15 is 0 Å². The van der Waals surface area contributed by atoms with Gasteiger partial charge in [-0.15, -0.1) is 0 Å². The number of nitrogens with zero attached hydrogens (tertiary/aromatic N) is 21. The molecular formula is C29H63N21. The van der Waals surface area contributed by atoms with E-state index in [-0.39, 0.29) is 18.2 Å². The van der Waals surface area contributed by atoms with Gasteiger partial charge in [0, 0.05) is 59.4 Å². The molecule has 50 heavy (non-hydrogen) atoms.